The van der Waals surface area contributed by atoms with Gasteiger partial charge in [-0.2, -0.15) is 21.6 Å². The maximum atomic E-state index is 14.7. The molecule has 1 aromatic carbocycles. The predicted molar refractivity (Wildman–Crippen MR) is 104 cm³/mol. The zero-order chi connectivity index (χ0) is 25.4. The third-order valence-corrected chi connectivity index (χ3v) is 5.53. The van der Waals surface area contributed by atoms with Gasteiger partial charge in [-0.1, -0.05) is 6.07 Å². The number of likely N-dealkylation sites (tertiary alicyclic amines) is 1. The molecule has 3 unspecified atom stereocenters. The van der Waals surface area contributed by atoms with Gasteiger partial charge in [-0.25, -0.2) is 8.78 Å². The Morgan fingerprint density at radius 2 is 1.82 bits per heavy atom. The van der Waals surface area contributed by atoms with Crippen molar-refractivity contribution in [1.82, 2.24) is 4.90 Å². The molecule has 8 nitrogen and oxygen atoms in total. The van der Waals surface area contributed by atoms with Crippen LogP contribution < -0.4 is 9.92 Å². The van der Waals surface area contributed by atoms with Gasteiger partial charge in [0, 0.05) is 18.2 Å². The first-order chi connectivity index (χ1) is 14.9. The highest BCUT2D eigenvalue weighted by Gasteiger charge is 2.49. The van der Waals surface area contributed by atoms with Gasteiger partial charge in [0.15, 0.2) is 5.92 Å². The average molecular weight is 502 g/mol. The number of amides is 1. The van der Waals surface area contributed by atoms with Gasteiger partial charge in [0.05, 0.1) is 12.6 Å². The lowest BCUT2D eigenvalue weighted by molar-refractivity contribution is -0.165. The number of esters is 1. The Kier molecular flexibility index (Phi) is 7.63. The summed E-state index contributed by atoms with van der Waals surface area (Å²) >= 11 is 0. The first-order valence-electron chi connectivity index (χ1n) is 9.64. The van der Waals surface area contributed by atoms with Crippen molar-refractivity contribution < 1.29 is 48.9 Å². The van der Waals surface area contributed by atoms with Crippen molar-refractivity contribution >= 4 is 22.0 Å². The van der Waals surface area contributed by atoms with E-state index in [1.165, 1.54) is 20.8 Å². The zero-order valence-corrected chi connectivity index (χ0v) is 18.7. The van der Waals surface area contributed by atoms with Crippen LogP contribution in [0.15, 0.2) is 18.2 Å². The van der Waals surface area contributed by atoms with Crippen LogP contribution in [-0.4, -0.2) is 55.6 Å². The van der Waals surface area contributed by atoms with Crippen LogP contribution in [-0.2, 0) is 24.4 Å². The van der Waals surface area contributed by atoms with Crippen molar-refractivity contribution in [3.63, 3.8) is 0 Å². The molecule has 1 aliphatic heterocycles. The summed E-state index contributed by atoms with van der Waals surface area (Å²) in [5.41, 5.74) is -1.29. The minimum absolute atomic E-state index is 0.00339. The van der Waals surface area contributed by atoms with Crippen LogP contribution in [0.3, 0.4) is 0 Å². The number of rotatable bonds is 6. The first-order valence-corrected chi connectivity index (χ1v) is 11.1. The molecule has 0 saturated carbocycles. The van der Waals surface area contributed by atoms with Crippen LogP contribution in [0.5, 0.6) is 5.75 Å². The third-order valence-electron chi connectivity index (χ3n) is 4.55. The summed E-state index contributed by atoms with van der Waals surface area (Å²) in [5, 5.41) is 0. The molecule has 3 atom stereocenters. The summed E-state index contributed by atoms with van der Waals surface area (Å²) in [7, 11) is -6.05. The number of nitrogens with zero attached hydrogens (tertiary/aromatic N) is 1. The van der Waals surface area contributed by atoms with Crippen molar-refractivity contribution in [2.24, 2.45) is 11.7 Å². The van der Waals surface area contributed by atoms with E-state index in [0.29, 0.717) is 12.1 Å². The van der Waals surface area contributed by atoms with E-state index in [-0.39, 0.29) is 19.5 Å². The van der Waals surface area contributed by atoms with Crippen molar-refractivity contribution in [2.45, 2.75) is 50.5 Å². The Bertz CT molecular complexity index is 1010. The fourth-order valence-corrected chi connectivity index (χ4v) is 3.52. The second-order valence-corrected chi connectivity index (χ2v) is 9.91. The number of hydrogen-bond acceptors (Lipinski definition) is 7. The molecule has 1 aromatic rings. The van der Waals surface area contributed by atoms with Crippen molar-refractivity contribution in [2.75, 3.05) is 13.1 Å². The summed E-state index contributed by atoms with van der Waals surface area (Å²) in [6.07, 6.45) is -1.27. The molecular formula is C19H23F5N2O6S. The molecule has 1 amide bonds. The maximum absolute atomic E-state index is 14.7. The monoisotopic (exact) mass is 502 g/mol. The standard InChI is InChI=1S/C19H23F5N2O6S/c1-18(2,3)31-17(28)14(16(27)26-7-6-10(20)9-26)15(25)12-5-4-11(8-13(12)21)32-33(29,30)19(22,23)24/h4-5,8,10,14-15H,6-7,9,25H2,1-3H3. The van der Waals surface area contributed by atoms with Crippen LogP contribution in [0.1, 0.15) is 38.8 Å². The number of carbonyl (C=O) groups excluding carboxylic acids is 2. The molecular weight excluding hydrogens is 479 g/mol. The van der Waals surface area contributed by atoms with Crippen LogP contribution >= 0.6 is 0 Å². The maximum Gasteiger partial charge on any atom is 0.534 e. The van der Waals surface area contributed by atoms with Gasteiger partial charge in [0.25, 0.3) is 0 Å². The number of hydrogen-bond donors (Lipinski definition) is 1. The first kappa shape index (κ1) is 26.8. The molecule has 0 bridgehead atoms. The molecule has 0 aliphatic carbocycles. The number of halogens is 5. The molecule has 1 fully saturated rings. The third kappa shape index (κ3) is 6.53. The van der Waals surface area contributed by atoms with E-state index in [9.17, 15) is 40.0 Å². The van der Waals surface area contributed by atoms with Crippen LogP contribution in [0, 0.1) is 11.7 Å². The van der Waals surface area contributed by atoms with Gasteiger partial charge in [0.2, 0.25) is 5.91 Å². The Morgan fingerprint density at radius 1 is 1.21 bits per heavy atom. The van der Waals surface area contributed by atoms with Crippen LogP contribution in [0.25, 0.3) is 0 Å². The SMILES string of the molecule is CC(C)(C)OC(=O)C(C(=O)N1CCC(F)C1)C(N)c1ccc(OS(=O)(=O)C(F)(F)F)cc1F. The molecule has 33 heavy (non-hydrogen) atoms. The summed E-state index contributed by atoms with van der Waals surface area (Å²) in [5.74, 6) is -6.14. The van der Waals surface area contributed by atoms with Crippen molar-refractivity contribution in [1.29, 1.82) is 0 Å². The molecule has 1 heterocycles. The number of alkyl halides is 4. The van der Waals surface area contributed by atoms with E-state index < -0.39 is 68.4 Å². The lowest BCUT2D eigenvalue weighted by atomic mass is 9.91. The lowest BCUT2D eigenvalue weighted by Gasteiger charge is -2.29. The Balaban J connectivity index is 2.38. The average Bonchev–Trinajstić information content (AvgIpc) is 3.05. The summed E-state index contributed by atoms with van der Waals surface area (Å²) in [6.45, 7) is 4.24. The highest BCUT2D eigenvalue weighted by molar-refractivity contribution is 7.88. The number of benzene rings is 1. The van der Waals surface area contributed by atoms with E-state index in [0.717, 1.165) is 11.0 Å². The van der Waals surface area contributed by atoms with Gasteiger partial charge < -0.3 is 19.6 Å². The van der Waals surface area contributed by atoms with Crippen molar-refractivity contribution in [3.8, 4) is 5.75 Å². The molecule has 2 rings (SSSR count). The van der Waals surface area contributed by atoms with Gasteiger partial charge in [0.1, 0.15) is 23.3 Å². The van der Waals surface area contributed by atoms with Crippen LogP contribution in [0.4, 0.5) is 22.0 Å². The number of ether oxygens (including phenoxy) is 1. The smallest absolute Gasteiger partial charge is 0.459 e. The Hall–Kier alpha value is -2.48. The van der Waals surface area contributed by atoms with E-state index >= 15 is 0 Å². The Labute approximate surface area is 186 Å². The molecule has 186 valence electrons. The highest BCUT2D eigenvalue weighted by Crippen LogP contribution is 2.32. The molecule has 0 radical (unpaired) electrons. The van der Waals surface area contributed by atoms with E-state index in [1.807, 2.05) is 0 Å². The minimum atomic E-state index is -6.05. The van der Waals surface area contributed by atoms with Gasteiger partial charge in [-0.15, -0.1) is 0 Å². The Morgan fingerprint density at radius 3 is 2.27 bits per heavy atom. The van der Waals surface area contributed by atoms with Crippen LogP contribution in [0.2, 0.25) is 0 Å². The topological polar surface area (TPSA) is 116 Å². The zero-order valence-electron chi connectivity index (χ0n) is 17.9. The summed E-state index contributed by atoms with van der Waals surface area (Å²) in [6, 6.07) is 0.112. The molecule has 0 spiro atoms. The van der Waals surface area contributed by atoms with Gasteiger partial charge in [-0.05, 0) is 33.3 Å². The fraction of sp³-hybridized carbons (Fsp3) is 0.579. The van der Waals surface area contributed by atoms with Crippen molar-refractivity contribution in [3.05, 3.63) is 29.6 Å². The molecule has 1 saturated heterocycles. The van der Waals surface area contributed by atoms with E-state index in [4.69, 9.17) is 10.5 Å². The minimum Gasteiger partial charge on any atom is -0.459 e. The molecule has 1 aliphatic rings. The summed E-state index contributed by atoms with van der Waals surface area (Å²) < 4.78 is 96.9. The normalized spacial score (nSPS) is 19.2. The second-order valence-electron chi connectivity index (χ2n) is 8.37. The number of carbonyl (C=O) groups is 2. The fourth-order valence-electron chi connectivity index (χ4n) is 3.06. The van der Waals surface area contributed by atoms with E-state index in [1.54, 1.807) is 0 Å². The molecule has 0 aromatic heterocycles. The van der Waals surface area contributed by atoms with Gasteiger partial charge in [-0.3, -0.25) is 9.59 Å². The largest absolute Gasteiger partial charge is 0.534 e. The highest BCUT2D eigenvalue weighted by atomic mass is 32.2. The van der Waals surface area contributed by atoms with E-state index in [2.05, 4.69) is 4.18 Å². The second kappa shape index (κ2) is 9.41. The van der Waals surface area contributed by atoms with Gasteiger partial charge >= 0.3 is 21.6 Å². The molecule has 2 N–H and O–H groups in total. The quantitative estimate of drug-likeness (QED) is 0.209. The summed E-state index contributed by atoms with van der Waals surface area (Å²) in [4.78, 5) is 26.7. The predicted octanol–water partition coefficient (Wildman–Crippen LogP) is 2.58. The molecule has 14 heteroatoms. The lowest BCUT2D eigenvalue weighted by Crippen LogP contribution is -2.46. The number of nitrogens with two attached hydrogens (primary N) is 1.